The van der Waals surface area contributed by atoms with Gasteiger partial charge in [-0.3, -0.25) is 0 Å². The largest absolute Gasteiger partial charge is 1.00 e. The Kier molecular flexibility index (Phi) is 16.7. The first-order valence-electron chi connectivity index (χ1n) is 8.68. The van der Waals surface area contributed by atoms with Crippen LogP contribution in [0, 0.1) is 0 Å². The molecule has 0 bridgehead atoms. The van der Waals surface area contributed by atoms with Gasteiger partial charge in [0.2, 0.25) is 0 Å². The second-order valence-electron chi connectivity index (χ2n) is 5.84. The number of unbranched alkanes of at least 4 members (excludes halogenated alkanes) is 9. The monoisotopic (exact) mass is 299 g/mol. The van der Waals surface area contributed by atoms with Gasteiger partial charge in [-0.1, -0.05) is 95.0 Å². The Morgan fingerprint density at radius 3 is 1.86 bits per heavy atom. The van der Waals surface area contributed by atoms with Crippen molar-refractivity contribution >= 4 is 0 Å². The number of nitrogens with one attached hydrogen (secondary N) is 1. The fourth-order valence-electron chi connectivity index (χ4n) is 2.57. The van der Waals surface area contributed by atoms with Gasteiger partial charge in [-0.2, -0.15) is 0 Å². The molecule has 0 saturated carbocycles. The number of rotatable bonds is 13. The summed E-state index contributed by atoms with van der Waals surface area (Å²) in [6.45, 7) is 4.45. The summed E-state index contributed by atoms with van der Waals surface area (Å²) in [4.78, 5) is 0. The van der Waals surface area contributed by atoms with Crippen LogP contribution in [0.1, 0.15) is 78.1 Å². The molecule has 0 atom stereocenters. The van der Waals surface area contributed by atoms with Crippen molar-refractivity contribution < 1.29 is 31.0 Å². The van der Waals surface area contributed by atoms with Crippen molar-refractivity contribution in [1.82, 2.24) is 5.32 Å². The average molecular weight is 299 g/mol. The molecule has 21 heavy (non-hydrogen) atoms. The average Bonchev–Trinajstić information content (AvgIpc) is 2.49. The van der Waals surface area contributed by atoms with Gasteiger partial charge in [0.15, 0.2) is 0 Å². The smallest absolute Gasteiger partial charge is 1.00 e. The van der Waals surface area contributed by atoms with Crippen LogP contribution in [-0.2, 0) is 6.54 Å². The molecule has 0 aliphatic heterocycles. The summed E-state index contributed by atoms with van der Waals surface area (Å²) in [6, 6.07) is 10.7. The van der Waals surface area contributed by atoms with Gasteiger partial charge in [-0.15, -0.1) is 0 Å². The van der Waals surface area contributed by atoms with Gasteiger partial charge in [-0.05, 0) is 18.5 Å². The summed E-state index contributed by atoms with van der Waals surface area (Å²) in [6.07, 6.45) is 14.1. The minimum absolute atomic E-state index is 0. The van der Waals surface area contributed by atoms with E-state index >= 15 is 0 Å². The Balaban J connectivity index is 0. The second kappa shape index (κ2) is 16.5. The summed E-state index contributed by atoms with van der Waals surface area (Å²) in [7, 11) is 0. The van der Waals surface area contributed by atoms with Crippen LogP contribution >= 0.6 is 0 Å². The predicted octanol–water partition coefficient (Wildman–Crippen LogP) is 2.81. The summed E-state index contributed by atoms with van der Waals surface area (Å²) >= 11 is 0. The summed E-state index contributed by atoms with van der Waals surface area (Å²) < 4.78 is 0. The summed E-state index contributed by atoms with van der Waals surface area (Å²) in [5, 5.41) is 3.53. The normalized spacial score (nSPS) is 10.3. The van der Waals surface area contributed by atoms with E-state index in [1.54, 1.807) is 0 Å². The molecule has 1 N–H and O–H groups in total. The Morgan fingerprint density at radius 2 is 1.29 bits per heavy atom. The number of benzene rings is 1. The first-order chi connectivity index (χ1) is 9.93. The van der Waals surface area contributed by atoms with Gasteiger partial charge in [0.25, 0.3) is 0 Å². The van der Waals surface area contributed by atoms with Crippen molar-refractivity contribution in [3.05, 3.63) is 35.9 Å². The SMILES string of the molecule is CCCCCCCCCCCCNCc1ccccc1.[H-].[Na+]. The molecule has 0 amide bonds. The van der Waals surface area contributed by atoms with Crippen LogP contribution in [0.5, 0.6) is 0 Å². The molecule has 1 aromatic carbocycles. The molecular weight excluding hydrogens is 265 g/mol. The van der Waals surface area contributed by atoms with Gasteiger partial charge in [-0.25, -0.2) is 0 Å². The van der Waals surface area contributed by atoms with Crippen LogP contribution < -0.4 is 34.9 Å². The molecule has 0 unspecified atom stereocenters. The maximum atomic E-state index is 3.53. The summed E-state index contributed by atoms with van der Waals surface area (Å²) in [5.41, 5.74) is 1.39. The van der Waals surface area contributed by atoms with E-state index in [9.17, 15) is 0 Å². The Labute approximate surface area is 156 Å². The zero-order valence-corrected chi connectivity index (χ0v) is 16.4. The Bertz CT molecular complexity index is 306. The van der Waals surface area contributed by atoms with E-state index in [0.29, 0.717) is 0 Å². The molecule has 0 aromatic heterocycles. The minimum atomic E-state index is 0. The molecule has 0 heterocycles. The van der Waals surface area contributed by atoms with Crippen LogP contribution in [0.3, 0.4) is 0 Å². The van der Waals surface area contributed by atoms with Crippen molar-refractivity contribution in [3.63, 3.8) is 0 Å². The van der Waals surface area contributed by atoms with Gasteiger partial charge >= 0.3 is 29.6 Å². The quantitative estimate of drug-likeness (QED) is 0.436. The number of hydrogen-bond acceptors (Lipinski definition) is 1. The maximum absolute atomic E-state index is 3.53. The molecule has 0 spiro atoms. The molecule has 116 valence electrons. The predicted molar refractivity (Wildman–Crippen MR) is 91.1 cm³/mol. The van der Waals surface area contributed by atoms with Crippen molar-refractivity contribution in [2.75, 3.05) is 6.54 Å². The maximum Gasteiger partial charge on any atom is 1.00 e. The van der Waals surface area contributed by atoms with E-state index in [-0.39, 0.29) is 31.0 Å². The van der Waals surface area contributed by atoms with Gasteiger partial charge in [0.1, 0.15) is 0 Å². The molecule has 1 nitrogen and oxygen atoms in total. The van der Waals surface area contributed by atoms with Crippen molar-refractivity contribution in [2.45, 2.75) is 77.7 Å². The molecule has 0 aliphatic rings. The molecule has 0 saturated heterocycles. The van der Waals surface area contributed by atoms with Crippen molar-refractivity contribution in [3.8, 4) is 0 Å². The fourth-order valence-corrected chi connectivity index (χ4v) is 2.57. The van der Waals surface area contributed by atoms with E-state index in [4.69, 9.17) is 0 Å². The molecule has 0 fully saturated rings. The van der Waals surface area contributed by atoms with Crippen molar-refractivity contribution in [1.29, 1.82) is 0 Å². The standard InChI is InChI=1S/C19H33N.Na.H/c1-2-3-4-5-6-7-8-9-10-14-17-20-18-19-15-12-11-13-16-19;;/h11-13,15-16,20H,2-10,14,17-18H2,1H3;;/q;+1;-1. The van der Waals surface area contributed by atoms with Crippen LogP contribution in [-0.4, -0.2) is 6.54 Å². The first-order valence-corrected chi connectivity index (χ1v) is 8.68. The zero-order chi connectivity index (χ0) is 14.3. The fraction of sp³-hybridized carbons (Fsp3) is 0.684. The topological polar surface area (TPSA) is 12.0 Å². The van der Waals surface area contributed by atoms with Gasteiger partial charge in [0, 0.05) is 6.54 Å². The Hall–Kier alpha value is 0.180. The van der Waals surface area contributed by atoms with Crippen LogP contribution in [0.25, 0.3) is 0 Å². The third-order valence-electron chi connectivity index (χ3n) is 3.88. The van der Waals surface area contributed by atoms with E-state index in [0.717, 1.165) is 13.1 Å². The molecule has 2 heteroatoms. The van der Waals surface area contributed by atoms with Crippen molar-refractivity contribution in [2.24, 2.45) is 0 Å². The third kappa shape index (κ3) is 13.6. The molecule has 0 aliphatic carbocycles. The first kappa shape index (κ1) is 21.2. The van der Waals surface area contributed by atoms with E-state index in [1.165, 1.54) is 69.8 Å². The molecule has 1 rings (SSSR count). The van der Waals surface area contributed by atoms with E-state index in [2.05, 4.69) is 42.6 Å². The Morgan fingerprint density at radius 1 is 0.762 bits per heavy atom. The van der Waals surface area contributed by atoms with Crippen LogP contribution in [0.2, 0.25) is 0 Å². The minimum Gasteiger partial charge on any atom is -1.00 e. The van der Waals surface area contributed by atoms with E-state index in [1.807, 2.05) is 0 Å². The number of hydrogen-bond donors (Lipinski definition) is 1. The molecule has 1 aromatic rings. The molecular formula is C19H34NNa. The summed E-state index contributed by atoms with van der Waals surface area (Å²) in [5.74, 6) is 0. The van der Waals surface area contributed by atoms with Gasteiger partial charge < -0.3 is 6.74 Å². The van der Waals surface area contributed by atoms with Crippen LogP contribution in [0.15, 0.2) is 30.3 Å². The second-order valence-corrected chi connectivity index (χ2v) is 5.84. The van der Waals surface area contributed by atoms with Crippen LogP contribution in [0.4, 0.5) is 0 Å². The van der Waals surface area contributed by atoms with E-state index < -0.39 is 0 Å². The third-order valence-corrected chi connectivity index (χ3v) is 3.88. The zero-order valence-electron chi connectivity index (χ0n) is 15.4. The molecule has 0 radical (unpaired) electrons. The van der Waals surface area contributed by atoms with Gasteiger partial charge in [0.05, 0.1) is 0 Å².